The molecule has 0 radical (unpaired) electrons. The van der Waals surface area contributed by atoms with Crippen molar-refractivity contribution in [2.75, 3.05) is 20.8 Å². The minimum Gasteiger partial charge on any atom is -0.870 e. The third-order valence-corrected chi connectivity index (χ3v) is 19.3. The zero-order valence-electron chi connectivity index (χ0n) is 46.6. The molecule has 0 amide bonds. The average molecular weight is 1080 g/mol. The van der Waals surface area contributed by atoms with Crippen molar-refractivity contribution >= 4 is 45.4 Å². The first-order valence-corrected chi connectivity index (χ1v) is 29.2. The van der Waals surface area contributed by atoms with Gasteiger partial charge in [-0.1, -0.05) is 73.1 Å². The molecule has 8 bridgehead atoms. The van der Waals surface area contributed by atoms with Crippen LogP contribution in [-0.4, -0.2) is 120 Å². The SMILES string of the molecule is CCOC(=O)CCC(=NOC)c1nc2ccccc2n(C2C[C@H]3CC[C@@H](C2)N3C2CC3CCCC(C3)C2)c1=O.CON=C(CCC(=O)O)c1nc2ccccc2n(C2C[C@H]3CC[C@@H](C2)N3C2CC3CCCC(C3)C2)c1=O.[Na+].[OH-]. The summed E-state index contributed by atoms with van der Waals surface area (Å²) in [5, 5.41) is 17.4. The molecule has 6 unspecified atom stereocenters. The van der Waals surface area contributed by atoms with Crippen LogP contribution < -0.4 is 40.7 Å². The largest absolute Gasteiger partial charge is 1.00 e. The number of nitrogens with zero attached hydrogens (tertiary/aromatic N) is 8. The maximum atomic E-state index is 14.2. The van der Waals surface area contributed by atoms with E-state index in [1.807, 2.05) is 57.7 Å². The zero-order valence-corrected chi connectivity index (χ0v) is 48.6. The molecule has 2 aromatic heterocycles. The summed E-state index contributed by atoms with van der Waals surface area (Å²) in [4.78, 5) is 76.7. The average Bonchev–Trinajstić information content (AvgIpc) is 4.06. The molecule has 8 fully saturated rings. The number of benzene rings is 2. The molecular formula is C60H81N8NaO9. The summed E-state index contributed by atoms with van der Waals surface area (Å²) in [6, 6.07) is 19.4. The van der Waals surface area contributed by atoms with Gasteiger partial charge in [0.2, 0.25) is 0 Å². The molecule has 12 rings (SSSR count). The van der Waals surface area contributed by atoms with E-state index in [1.54, 1.807) is 6.92 Å². The third-order valence-electron chi connectivity index (χ3n) is 19.3. The molecule has 4 saturated heterocycles. The van der Waals surface area contributed by atoms with E-state index in [4.69, 9.17) is 19.4 Å². The Morgan fingerprint density at radius 3 is 1.29 bits per heavy atom. The van der Waals surface area contributed by atoms with E-state index in [-0.39, 0.29) is 101 Å². The second kappa shape index (κ2) is 25.9. The predicted octanol–water partition coefficient (Wildman–Crippen LogP) is 6.80. The van der Waals surface area contributed by atoms with Crippen LogP contribution in [0, 0.1) is 23.7 Å². The first-order chi connectivity index (χ1) is 37.1. The number of hydrogen-bond acceptors (Lipinski definition) is 14. The Hall–Kier alpha value is -4.52. The van der Waals surface area contributed by atoms with Gasteiger partial charge in [0.05, 0.1) is 41.5 Å². The number of aliphatic carboxylic acids is 1. The monoisotopic (exact) mass is 1080 g/mol. The van der Waals surface area contributed by atoms with Gasteiger partial charge in [-0.3, -0.25) is 29.0 Å². The molecule has 416 valence electrons. The van der Waals surface area contributed by atoms with Gasteiger partial charge in [-0.05, 0) is 145 Å². The number of carbonyl (C=O) groups is 2. The van der Waals surface area contributed by atoms with E-state index in [2.05, 4.69) is 25.1 Å². The molecule has 10 atom stereocenters. The maximum absolute atomic E-state index is 14.2. The molecule has 78 heavy (non-hydrogen) atoms. The zero-order chi connectivity index (χ0) is 52.5. The Kier molecular flexibility index (Phi) is 19.3. The van der Waals surface area contributed by atoms with E-state index in [0.717, 1.165) is 77.5 Å². The number of carbonyl (C=O) groups excluding carboxylic acids is 1. The van der Waals surface area contributed by atoms with Gasteiger partial charge in [-0.15, -0.1) is 0 Å². The molecule has 4 aromatic rings. The molecule has 2 N–H and O–H groups in total. The molecular weight excluding hydrogens is 1000 g/mol. The fraction of sp³-hybridized carbons (Fsp3) is 0.667. The normalized spacial score (nSPS) is 30.6. The first kappa shape index (κ1) is 58.1. The summed E-state index contributed by atoms with van der Waals surface area (Å²) in [5.74, 6) is 2.39. The first-order valence-electron chi connectivity index (χ1n) is 29.2. The summed E-state index contributed by atoms with van der Waals surface area (Å²) in [6.07, 6.45) is 26.0. The summed E-state index contributed by atoms with van der Waals surface area (Å²) >= 11 is 0. The smallest absolute Gasteiger partial charge is 0.870 e. The van der Waals surface area contributed by atoms with Crippen LogP contribution in [0.1, 0.15) is 184 Å². The van der Waals surface area contributed by atoms with Crippen LogP contribution in [0.4, 0.5) is 0 Å². The number of para-hydroxylation sites is 4. The van der Waals surface area contributed by atoms with Gasteiger partial charge >= 0.3 is 41.5 Å². The van der Waals surface area contributed by atoms with Crippen molar-refractivity contribution in [2.45, 2.75) is 209 Å². The van der Waals surface area contributed by atoms with Gasteiger partial charge in [0, 0.05) is 61.2 Å². The van der Waals surface area contributed by atoms with Crippen LogP contribution in [-0.2, 0) is 24.0 Å². The molecule has 18 heteroatoms. The number of aromatic nitrogens is 4. The van der Waals surface area contributed by atoms with Crippen LogP contribution in [0.5, 0.6) is 0 Å². The van der Waals surface area contributed by atoms with Gasteiger partial charge in [0.25, 0.3) is 11.1 Å². The molecule has 6 heterocycles. The van der Waals surface area contributed by atoms with Gasteiger partial charge in [0.15, 0.2) is 11.4 Å². The Morgan fingerprint density at radius 2 is 0.923 bits per heavy atom. The fourth-order valence-corrected chi connectivity index (χ4v) is 16.6. The van der Waals surface area contributed by atoms with Crippen molar-refractivity contribution in [2.24, 2.45) is 34.0 Å². The van der Waals surface area contributed by atoms with E-state index in [9.17, 15) is 24.3 Å². The Labute approximate surface area is 480 Å². The second-order valence-corrected chi connectivity index (χ2v) is 23.9. The Balaban J connectivity index is 0.000000185. The van der Waals surface area contributed by atoms with Gasteiger partial charge < -0.3 is 34.1 Å². The van der Waals surface area contributed by atoms with E-state index in [0.29, 0.717) is 48.2 Å². The van der Waals surface area contributed by atoms with Gasteiger partial charge in [-0.2, -0.15) is 0 Å². The van der Waals surface area contributed by atoms with E-state index < -0.39 is 5.97 Å². The molecule has 4 aliphatic heterocycles. The topological polar surface area (TPSA) is 213 Å². The molecule has 4 aliphatic carbocycles. The van der Waals surface area contributed by atoms with Crippen molar-refractivity contribution in [1.82, 2.24) is 28.9 Å². The summed E-state index contributed by atoms with van der Waals surface area (Å²) in [7, 11) is 2.87. The number of ether oxygens (including phenoxy) is 1. The number of hydrogen-bond donors (Lipinski definition) is 1. The standard InChI is InChI=1S/C31H42N4O4.C29H38N4O4.Na.H2O/c1-3-39-29(36)14-13-27(33-38-2)30-31(37)35(28-10-5-4-9-26(28)32-30)25-18-22-11-12-23(19-25)34(22)24-16-20-7-6-8-21(15-20)17-24;1-37-31-25(11-12-27(34)35)28-29(36)33(26-8-3-2-7-24(26)30-28)23-16-20-9-10-21(17-23)32(20)22-14-18-5-4-6-19(13-18)15-22;;/h4-5,9-10,20-25H,3,6-8,11-19H2,1-2H3;2-3,7-8,18-23H,4-6,9-17H2,1H3,(H,34,35);;1H2/q;;+1;/p-1/t20?,21?,22-,23+,24?,25?;18?,19?,20-,21+,22?,23?;;. The van der Waals surface area contributed by atoms with Crippen LogP contribution in [0.15, 0.2) is 68.4 Å². The van der Waals surface area contributed by atoms with Crippen molar-refractivity contribution in [1.29, 1.82) is 0 Å². The Bertz CT molecular complexity index is 2890. The summed E-state index contributed by atoms with van der Waals surface area (Å²) in [6.45, 7) is 2.10. The van der Waals surface area contributed by atoms with E-state index in [1.165, 1.54) is 117 Å². The number of carboxylic acid groups (broad SMARTS) is 1. The quantitative estimate of drug-likeness (QED) is 0.0562. The van der Waals surface area contributed by atoms with Crippen molar-refractivity contribution in [3.8, 4) is 0 Å². The van der Waals surface area contributed by atoms with Crippen molar-refractivity contribution < 1.29 is 64.1 Å². The third kappa shape index (κ3) is 12.2. The van der Waals surface area contributed by atoms with Crippen LogP contribution in [0.3, 0.4) is 0 Å². The number of rotatable bonds is 15. The maximum Gasteiger partial charge on any atom is 1.00 e. The minimum absolute atomic E-state index is 0. The molecule has 0 spiro atoms. The van der Waals surface area contributed by atoms with Crippen LogP contribution >= 0.6 is 0 Å². The number of esters is 1. The molecule has 2 aromatic carbocycles. The predicted molar refractivity (Wildman–Crippen MR) is 295 cm³/mol. The summed E-state index contributed by atoms with van der Waals surface area (Å²) in [5.41, 5.74) is 4.05. The van der Waals surface area contributed by atoms with Gasteiger partial charge in [0.1, 0.15) is 25.6 Å². The van der Waals surface area contributed by atoms with Gasteiger partial charge in [-0.25, -0.2) is 9.97 Å². The van der Waals surface area contributed by atoms with Crippen molar-refractivity contribution in [3.63, 3.8) is 0 Å². The van der Waals surface area contributed by atoms with Crippen LogP contribution in [0.25, 0.3) is 22.1 Å². The Morgan fingerprint density at radius 1 is 0.538 bits per heavy atom. The minimum atomic E-state index is -0.944. The second-order valence-electron chi connectivity index (χ2n) is 23.9. The number of piperidine rings is 2. The van der Waals surface area contributed by atoms with E-state index >= 15 is 0 Å². The number of oxime groups is 2. The summed E-state index contributed by atoms with van der Waals surface area (Å²) < 4.78 is 9.03. The number of fused-ring (bicyclic) bond motifs is 10. The van der Waals surface area contributed by atoms with Crippen LogP contribution in [0.2, 0.25) is 0 Å². The molecule has 8 aliphatic rings. The molecule has 4 saturated carbocycles. The van der Waals surface area contributed by atoms with Crippen molar-refractivity contribution in [3.05, 3.63) is 80.6 Å². The fourth-order valence-electron chi connectivity index (χ4n) is 16.6. The number of carboxylic acids is 1. The molecule has 17 nitrogen and oxygen atoms in total.